The molecule has 3 aromatic rings. The van der Waals surface area contributed by atoms with Crippen LogP contribution >= 0.6 is 0 Å². The Hall–Kier alpha value is -3.04. The Labute approximate surface area is 130 Å². The van der Waals surface area contributed by atoms with Crippen LogP contribution in [0.5, 0.6) is 0 Å². The smallest absolute Gasteiger partial charge is 0.387 e. The summed E-state index contributed by atoms with van der Waals surface area (Å²) in [5, 5.41) is 3.52. The van der Waals surface area contributed by atoms with Crippen molar-refractivity contribution in [2.75, 3.05) is 0 Å². The number of halogens is 5. The number of nitrogens with zero attached hydrogens (tertiary/aromatic N) is 3. The van der Waals surface area contributed by atoms with E-state index in [2.05, 4.69) is 14.5 Å². The van der Waals surface area contributed by atoms with Crippen molar-refractivity contribution >= 4 is 0 Å². The first-order valence-electron chi connectivity index (χ1n) is 6.35. The molecule has 0 amide bonds. The van der Waals surface area contributed by atoms with Crippen molar-refractivity contribution in [2.24, 2.45) is 0 Å². The summed E-state index contributed by atoms with van der Waals surface area (Å²) < 4.78 is 70.5. The van der Waals surface area contributed by atoms with Gasteiger partial charge in [0.15, 0.2) is 5.82 Å². The minimum absolute atomic E-state index is 0.385. The lowest BCUT2D eigenvalue weighted by Gasteiger charge is -2.06. The normalized spacial score (nSPS) is 11.7. The Bertz CT molecular complexity index is 941. The van der Waals surface area contributed by atoms with Crippen molar-refractivity contribution in [3.05, 3.63) is 64.3 Å². The molecular formula is C14H6F5N3O2. The van der Waals surface area contributed by atoms with Gasteiger partial charge in [0.05, 0.1) is 5.56 Å². The number of rotatable bonds is 2. The topological polar surface area (TPSA) is 60.9 Å². The van der Waals surface area contributed by atoms with Crippen molar-refractivity contribution < 1.29 is 26.4 Å². The SMILES string of the molecule is O=c1oc(-c2c(F)cccc2F)nn1-c1cc(C(F)(F)F)ccn1. The van der Waals surface area contributed by atoms with E-state index in [0.717, 1.165) is 24.4 Å². The number of benzene rings is 1. The highest BCUT2D eigenvalue weighted by Gasteiger charge is 2.31. The molecule has 0 aliphatic carbocycles. The van der Waals surface area contributed by atoms with Gasteiger partial charge in [-0.25, -0.2) is 18.6 Å². The molecule has 124 valence electrons. The zero-order chi connectivity index (χ0) is 17.5. The van der Waals surface area contributed by atoms with Crippen molar-refractivity contribution in [1.29, 1.82) is 0 Å². The molecule has 5 nitrogen and oxygen atoms in total. The Morgan fingerprint density at radius 2 is 1.75 bits per heavy atom. The summed E-state index contributed by atoms with van der Waals surface area (Å²) in [6.07, 6.45) is -3.84. The molecule has 0 aliphatic rings. The molecule has 0 radical (unpaired) electrons. The largest absolute Gasteiger partial charge is 0.443 e. The van der Waals surface area contributed by atoms with Crippen LogP contribution in [0.4, 0.5) is 22.0 Å². The minimum atomic E-state index is -4.66. The van der Waals surface area contributed by atoms with E-state index in [0.29, 0.717) is 16.8 Å². The predicted molar refractivity (Wildman–Crippen MR) is 70.2 cm³/mol. The summed E-state index contributed by atoms with van der Waals surface area (Å²) in [6.45, 7) is 0. The zero-order valence-corrected chi connectivity index (χ0v) is 11.5. The lowest BCUT2D eigenvalue weighted by Crippen LogP contribution is -2.16. The summed E-state index contributed by atoms with van der Waals surface area (Å²) in [7, 11) is 0. The second-order valence-corrected chi connectivity index (χ2v) is 4.58. The molecule has 2 aromatic heterocycles. The first-order valence-corrected chi connectivity index (χ1v) is 6.35. The Morgan fingerprint density at radius 3 is 2.38 bits per heavy atom. The molecular weight excluding hydrogens is 337 g/mol. The molecule has 0 spiro atoms. The van der Waals surface area contributed by atoms with Gasteiger partial charge in [0, 0.05) is 6.20 Å². The molecule has 0 saturated carbocycles. The van der Waals surface area contributed by atoms with Crippen LogP contribution in [0.3, 0.4) is 0 Å². The van der Waals surface area contributed by atoms with Crippen molar-refractivity contribution in [2.45, 2.75) is 6.18 Å². The van der Waals surface area contributed by atoms with Gasteiger partial charge in [-0.1, -0.05) is 6.07 Å². The number of pyridine rings is 1. The maximum Gasteiger partial charge on any atom is 0.443 e. The van der Waals surface area contributed by atoms with Gasteiger partial charge in [0.1, 0.15) is 17.2 Å². The van der Waals surface area contributed by atoms with E-state index in [9.17, 15) is 26.7 Å². The summed E-state index contributed by atoms with van der Waals surface area (Å²) in [6, 6.07) is 4.19. The third-order valence-electron chi connectivity index (χ3n) is 3.01. The van der Waals surface area contributed by atoms with Crippen LogP contribution in [-0.4, -0.2) is 14.8 Å². The first kappa shape index (κ1) is 15.8. The fraction of sp³-hybridized carbons (Fsp3) is 0.0714. The van der Waals surface area contributed by atoms with E-state index in [1.165, 1.54) is 0 Å². The second kappa shape index (κ2) is 5.55. The van der Waals surface area contributed by atoms with E-state index in [-0.39, 0.29) is 0 Å². The molecule has 0 N–H and O–H groups in total. The minimum Gasteiger partial charge on any atom is -0.387 e. The van der Waals surface area contributed by atoms with Gasteiger partial charge in [-0.05, 0) is 24.3 Å². The monoisotopic (exact) mass is 343 g/mol. The van der Waals surface area contributed by atoms with Crippen LogP contribution in [0.15, 0.2) is 45.7 Å². The van der Waals surface area contributed by atoms with Crippen molar-refractivity contribution in [1.82, 2.24) is 14.8 Å². The van der Waals surface area contributed by atoms with Gasteiger partial charge in [-0.15, -0.1) is 9.78 Å². The molecule has 0 saturated heterocycles. The summed E-state index contributed by atoms with van der Waals surface area (Å²) in [5.74, 6) is -4.53. The van der Waals surface area contributed by atoms with Crippen molar-refractivity contribution in [3.63, 3.8) is 0 Å². The summed E-state index contributed by atoms with van der Waals surface area (Å²) in [5.41, 5.74) is -1.78. The van der Waals surface area contributed by atoms with Crippen LogP contribution in [-0.2, 0) is 6.18 Å². The average Bonchev–Trinajstić information content (AvgIpc) is 2.88. The zero-order valence-electron chi connectivity index (χ0n) is 11.5. The van der Waals surface area contributed by atoms with E-state index >= 15 is 0 Å². The van der Waals surface area contributed by atoms with Gasteiger partial charge >= 0.3 is 11.9 Å². The third kappa shape index (κ3) is 2.77. The van der Waals surface area contributed by atoms with Crippen LogP contribution in [0.1, 0.15) is 5.56 Å². The second-order valence-electron chi connectivity index (χ2n) is 4.58. The number of hydrogen-bond donors (Lipinski definition) is 0. The van der Waals surface area contributed by atoms with E-state index in [1.807, 2.05) is 0 Å². The standard InChI is InChI=1S/C14H6F5N3O2/c15-8-2-1-3-9(16)11(8)12-21-22(13(23)24-12)10-6-7(4-5-20-10)14(17,18)19/h1-6H. The Balaban J connectivity index is 2.13. The first-order chi connectivity index (χ1) is 11.3. The predicted octanol–water partition coefficient (Wildman–Crippen LogP) is 3.18. The number of aromatic nitrogens is 3. The highest BCUT2D eigenvalue weighted by Crippen LogP contribution is 2.29. The molecule has 0 aliphatic heterocycles. The number of alkyl halides is 3. The van der Waals surface area contributed by atoms with E-state index in [1.54, 1.807) is 0 Å². The maximum atomic E-state index is 13.7. The average molecular weight is 343 g/mol. The van der Waals surface area contributed by atoms with Gasteiger partial charge in [0.25, 0.3) is 5.89 Å². The van der Waals surface area contributed by atoms with Gasteiger partial charge in [0.2, 0.25) is 0 Å². The van der Waals surface area contributed by atoms with Gasteiger partial charge in [-0.2, -0.15) is 13.2 Å². The molecule has 2 heterocycles. The molecule has 0 atom stereocenters. The molecule has 1 aromatic carbocycles. The highest BCUT2D eigenvalue weighted by molar-refractivity contribution is 5.54. The van der Waals surface area contributed by atoms with E-state index < -0.39 is 46.4 Å². The van der Waals surface area contributed by atoms with Crippen LogP contribution in [0, 0.1) is 11.6 Å². The molecule has 0 fully saturated rings. The molecule has 3 rings (SSSR count). The molecule has 0 bridgehead atoms. The maximum absolute atomic E-state index is 13.7. The Morgan fingerprint density at radius 1 is 1.08 bits per heavy atom. The fourth-order valence-corrected chi connectivity index (χ4v) is 1.94. The Kier molecular flexibility index (Phi) is 3.66. The van der Waals surface area contributed by atoms with Crippen LogP contribution in [0.2, 0.25) is 0 Å². The highest BCUT2D eigenvalue weighted by atomic mass is 19.4. The van der Waals surface area contributed by atoms with Crippen LogP contribution in [0.25, 0.3) is 17.3 Å². The third-order valence-corrected chi connectivity index (χ3v) is 3.01. The van der Waals surface area contributed by atoms with E-state index in [4.69, 9.17) is 0 Å². The summed E-state index contributed by atoms with van der Waals surface area (Å²) in [4.78, 5) is 15.4. The van der Waals surface area contributed by atoms with Gasteiger partial charge in [-0.3, -0.25) is 0 Å². The molecule has 10 heteroatoms. The molecule has 24 heavy (non-hydrogen) atoms. The molecule has 0 unspecified atom stereocenters. The lowest BCUT2D eigenvalue weighted by molar-refractivity contribution is -0.137. The van der Waals surface area contributed by atoms with Gasteiger partial charge < -0.3 is 4.42 Å². The summed E-state index contributed by atoms with van der Waals surface area (Å²) >= 11 is 0. The van der Waals surface area contributed by atoms with Crippen LogP contribution < -0.4 is 5.76 Å². The van der Waals surface area contributed by atoms with Crippen molar-refractivity contribution in [3.8, 4) is 17.3 Å². The lowest BCUT2D eigenvalue weighted by atomic mass is 10.2. The fourth-order valence-electron chi connectivity index (χ4n) is 1.94. The number of hydrogen-bond acceptors (Lipinski definition) is 4. The quantitative estimate of drug-likeness (QED) is 0.671.